The Balaban J connectivity index is 2.51. The van der Waals surface area contributed by atoms with Gasteiger partial charge in [0.25, 0.3) is 0 Å². The quantitative estimate of drug-likeness (QED) is 0.682. The molecule has 0 aromatic rings. The molecule has 1 unspecified atom stereocenters. The summed E-state index contributed by atoms with van der Waals surface area (Å²) in [4.78, 5) is 13.9. The number of nitriles is 1. The largest absolute Gasteiger partial charge is 0.294 e. The zero-order valence-corrected chi connectivity index (χ0v) is 10.2. The highest BCUT2D eigenvalue weighted by Gasteiger charge is 2.35. The first-order chi connectivity index (χ1) is 8.20. The smallest absolute Gasteiger partial charge is 0.188 e. The van der Waals surface area contributed by atoms with E-state index in [0.29, 0.717) is 6.42 Å². The van der Waals surface area contributed by atoms with Gasteiger partial charge in [0, 0.05) is 17.0 Å². The molecule has 0 aromatic carbocycles. The van der Waals surface area contributed by atoms with Crippen molar-refractivity contribution in [2.45, 2.75) is 33.1 Å². The molecular formula is C14H16N2O. The van der Waals surface area contributed by atoms with Crippen LogP contribution in [-0.2, 0) is 4.79 Å². The van der Waals surface area contributed by atoms with Gasteiger partial charge < -0.3 is 0 Å². The van der Waals surface area contributed by atoms with Crippen LogP contribution in [0.2, 0.25) is 0 Å². The van der Waals surface area contributed by atoms with E-state index >= 15 is 0 Å². The highest BCUT2D eigenvalue weighted by atomic mass is 16.1. The van der Waals surface area contributed by atoms with Crippen LogP contribution >= 0.6 is 0 Å². The van der Waals surface area contributed by atoms with Crippen molar-refractivity contribution < 1.29 is 4.79 Å². The molecule has 0 aromatic heterocycles. The first-order valence-corrected chi connectivity index (χ1v) is 6.01. The lowest BCUT2D eigenvalue weighted by Crippen LogP contribution is -2.35. The number of carbonyl (C=O) groups is 1. The molecule has 3 nitrogen and oxygen atoms in total. The highest BCUT2D eigenvalue weighted by Crippen LogP contribution is 2.36. The molecule has 0 saturated carbocycles. The van der Waals surface area contributed by atoms with Crippen LogP contribution in [0, 0.1) is 17.4 Å². The number of hydrogen-bond donors (Lipinski definition) is 0. The summed E-state index contributed by atoms with van der Waals surface area (Å²) in [6.45, 7) is 3.90. The monoisotopic (exact) mass is 228 g/mol. The summed E-state index contributed by atoms with van der Waals surface area (Å²) >= 11 is 0. The number of allylic oxidation sites excluding steroid dienone is 6. The van der Waals surface area contributed by atoms with Gasteiger partial charge in [0.2, 0.25) is 0 Å². The molecule has 2 aliphatic rings. The maximum absolute atomic E-state index is 12.2. The molecule has 17 heavy (non-hydrogen) atoms. The minimum absolute atomic E-state index is 0.153. The first-order valence-electron chi connectivity index (χ1n) is 6.01. The maximum Gasteiger partial charge on any atom is 0.188 e. The van der Waals surface area contributed by atoms with Crippen LogP contribution in [0.1, 0.15) is 33.1 Å². The van der Waals surface area contributed by atoms with E-state index in [1.54, 1.807) is 4.90 Å². The predicted molar refractivity (Wildman–Crippen MR) is 65.4 cm³/mol. The average Bonchev–Trinajstić information content (AvgIpc) is 2.36. The number of hydrogen-bond acceptors (Lipinski definition) is 3. The van der Waals surface area contributed by atoms with E-state index in [2.05, 4.69) is 13.1 Å². The van der Waals surface area contributed by atoms with E-state index in [0.717, 1.165) is 29.8 Å². The number of nitrogens with zero attached hydrogens (tertiary/aromatic N) is 2. The van der Waals surface area contributed by atoms with Crippen molar-refractivity contribution in [3.8, 4) is 6.19 Å². The number of fused-ring (bicyclic) bond motifs is 1. The van der Waals surface area contributed by atoms with Crippen LogP contribution < -0.4 is 0 Å². The van der Waals surface area contributed by atoms with Gasteiger partial charge in [-0.15, -0.1) is 0 Å². The Bertz CT molecular complexity index is 477. The van der Waals surface area contributed by atoms with E-state index in [-0.39, 0.29) is 11.7 Å². The number of carbonyl (C=O) groups excluding carboxylic acids is 1. The summed E-state index contributed by atoms with van der Waals surface area (Å²) in [7, 11) is 0. The molecule has 0 fully saturated rings. The number of Topliss-reactive ketones (excluding diaryl/α,β-unsaturated/α-hetero) is 1. The summed E-state index contributed by atoms with van der Waals surface area (Å²) in [6.07, 6.45) is 10.4. The van der Waals surface area contributed by atoms with Crippen molar-refractivity contribution >= 4 is 5.78 Å². The lowest BCUT2D eigenvalue weighted by Gasteiger charge is -2.34. The molecule has 0 amide bonds. The molecule has 0 bridgehead atoms. The Morgan fingerprint density at radius 1 is 1.59 bits per heavy atom. The Hall–Kier alpha value is -1.82. The fourth-order valence-corrected chi connectivity index (χ4v) is 2.47. The van der Waals surface area contributed by atoms with E-state index in [9.17, 15) is 10.1 Å². The predicted octanol–water partition coefficient (Wildman–Crippen LogP) is 2.89. The molecule has 3 heteroatoms. The van der Waals surface area contributed by atoms with Crippen LogP contribution in [0.3, 0.4) is 0 Å². The van der Waals surface area contributed by atoms with Gasteiger partial charge in [-0.1, -0.05) is 25.5 Å². The van der Waals surface area contributed by atoms with Crippen LogP contribution in [0.5, 0.6) is 0 Å². The van der Waals surface area contributed by atoms with E-state index in [1.165, 1.54) is 0 Å². The number of ketones is 1. The van der Waals surface area contributed by atoms with Gasteiger partial charge in [-0.3, -0.25) is 9.69 Å². The maximum atomic E-state index is 12.2. The van der Waals surface area contributed by atoms with Crippen LogP contribution in [0.25, 0.3) is 0 Å². The SMILES string of the molecule is CCCC1=C(C)C(=O)C2CC=CC=C2N1C#N. The molecule has 0 spiro atoms. The van der Waals surface area contributed by atoms with Crippen molar-refractivity contribution in [2.24, 2.45) is 5.92 Å². The topological polar surface area (TPSA) is 44.1 Å². The van der Waals surface area contributed by atoms with Crippen molar-refractivity contribution in [3.05, 3.63) is 35.2 Å². The fourth-order valence-electron chi connectivity index (χ4n) is 2.47. The summed E-state index contributed by atoms with van der Waals surface area (Å²) in [5, 5.41) is 9.30. The van der Waals surface area contributed by atoms with Crippen molar-refractivity contribution in [2.75, 3.05) is 0 Å². The molecule has 1 atom stereocenters. The molecule has 0 radical (unpaired) electrons. The minimum Gasteiger partial charge on any atom is -0.294 e. The van der Waals surface area contributed by atoms with Crippen LogP contribution in [0.15, 0.2) is 35.2 Å². The molecule has 1 heterocycles. The van der Waals surface area contributed by atoms with Gasteiger partial charge in [-0.2, -0.15) is 5.26 Å². The second-order valence-electron chi connectivity index (χ2n) is 4.43. The first kappa shape index (κ1) is 11.7. The Morgan fingerprint density at radius 2 is 2.35 bits per heavy atom. The molecule has 2 rings (SSSR count). The Morgan fingerprint density at radius 3 is 3.00 bits per heavy atom. The third kappa shape index (κ3) is 1.80. The van der Waals surface area contributed by atoms with Crippen LogP contribution in [0.4, 0.5) is 0 Å². The van der Waals surface area contributed by atoms with Gasteiger partial charge in [-0.05, 0) is 25.8 Å². The summed E-state index contributed by atoms with van der Waals surface area (Å²) in [6, 6.07) is 0. The van der Waals surface area contributed by atoms with Crippen LogP contribution in [-0.4, -0.2) is 10.7 Å². The molecule has 0 N–H and O–H groups in total. The van der Waals surface area contributed by atoms with Crippen molar-refractivity contribution in [1.82, 2.24) is 4.90 Å². The molecular weight excluding hydrogens is 212 g/mol. The summed E-state index contributed by atoms with van der Waals surface area (Å²) < 4.78 is 0. The average molecular weight is 228 g/mol. The minimum atomic E-state index is -0.153. The fraction of sp³-hybridized carbons (Fsp3) is 0.429. The second kappa shape index (κ2) is 4.58. The third-order valence-corrected chi connectivity index (χ3v) is 3.37. The van der Waals surface area contributed by atoms with Gasteiger partial charge in [0.15, 0.2) is 12.0 Å². The van der Waals surface area contributed by atoms with Gasteiger partial charge in [-0.25, -0.2) is 0 Å². The second-order valence-corrected chi connectivity index (χ2v) is 4.43. The highest BCUT2D eigenvalue weighted by molar-refractivity contribution is 6.00. The van der Waals surface area contributed by atoms with Crippen molar-refractivity contribution in [3.63, 3.8) is 0 Å². The zero-order chi connectivity index (χ0) is 12.4. The Kier molecular flexibility index (Phi) is 3.14. The van der Waals surface area contributed by atoms with Crippen molar-refractivity contribution in [1.29, 1.82) is 5.26 Å². The molecule has 1 aliphatic carbocycles. The lowest BCUT2D eigenvalue weighted by atomic mass is 9.83. The molecule has 0 saturated heterocycles. The molecule has 88 valence electrons. The lowest BCUT2D eigenvalue weighted by molar-refractivity contribution is -0.119. The van der Waals surface area contributed by atoms with Gasteiger partial charge in [0.1, 0.15) is 0 Å². The van der Waals surface area contributed by atoms with Gasteiger partial charge >= 0.3 is 0 Å². The molecule has 1 aliphatic heterocycles. The standard InChI is InChI=1S/C14H16N2O/c1-3-6-12-10(2)14(17)11-7-4-5-8-13(11)16(12)9-15/h4-5,8,11H,3,6-7H2,1-2H3. The normalized spacial score (nSPS) is 23.4. The van der Waals surface area contributed by atoms with Gasteiger partial charge in [0.05, 0.1) is 5.92 Å². The van der Waals surface area contributed by atoms with E-state index < -0.39 is 0 Å². The Labute approximate surface area is 102 Å². The summed E-state index contributed by atoms with van der Waals surface area (Å²) in [5.41, 5.74) is 2.47. The summed E-state index contributed by atoms with van der Waals surface area (Å²) in [5.74, 6) is 0.0239. The zero-order valence-electron chi connectivity index (χ0n) is 10.2. The van der Waals surface area contributed by atoms with E-state index in [1.807, 2.05) is 25.2 Å². The number of rotatable bonds is 2. The third-order valence-electron chi connectivity index (χ3n) is 3.37. The van der Waals surface area contributed by atoms with E-state index in [4.69, 9.17) is 0 Å².